The first-order valence-corrected chi connectivity index (χ1v) is 7.42. The minimum Gasteiger partial charge on any atom is -0.458 e. The molecule has 0 radical (unpaired) electrons. The summed E-state index contributed by atoms with van der Waals surface area (Å²) >= 11 is 0. The zero-order valence-electron chi connectivity index (χ0n) is 12.8. The molecule has 4 heteroatoms. The van der Waals surface area contributed by atoms with E-state index in [4.69, 9.17) is 9.47 Å². The van der Waals surface area contributed by atoms with Crippen LogP contribution in [-0.4, -0.2) is 36.9 Å². The van der Waals surface area contributed by atoms with Gasteiger partial charge in [0.1, 0.15) is 12.2 Å². The first-order valence-electron chi connectivity index (χ1n) is 7.42. The van der Waals surface area contributed by atoms with Gasteiger partial charge in [-0.25, -0.2) is 4.79 Å². The number of hydrogen-bond acceptors (Lipinski definition) is 4. The molecule has 4 nitrogen and oxygen atoms in total. The van der Waals surface area contributed by atoms with E-state index in [0.717, 1.165) is 0 Å². The smallest absolute Gasteiger partial charge is 0.332 e. The van der Waals surface area contributed by atoms with Gasteiger partial charge in [0.2, 0.25) is 0 Å². The predicted octanol–water partition coefficient (Wildman–Crippen LogP) is 2.66. The van der Waals surface area contributed by atoms with Crippen molar-refractivity contribution in [2.24, 2.45) is 0 Å². The Kier molecular flexibility index (Phi) is 6.80. The second kappa shape index (κ2) is 7.85. The second-order valence-corrected chi connectivity index (χ2v) is 6.50. The molecule has 0 amide bonds. The van der Waals surface area contributed by atoms with Gasteiger partial charge in [-0.1, -0.05) is 19.3 Å². The van der Waals surface area contributed by atoms with E-state index in [2.05, 4.69) is 12.2 Å². The largest absolute Gasteiger partial charge is 0.458 e. The summed E-state index contributed by atoms with van der Waals surface area (Å²) in [5, 5.41) is 3.56. The third-order valence-corrected chi connectivity index (χ3v) is 3.13. The number of hydrogen-bond donors (Lipinski definition) is 1. The molecule has 1 saturated carbocycles. The van der Waals surface area contributed by atoms with Gasteiger partial charge in [-0.15, -0.1) is 0 Å². The van der Waals surface area contributed by atoms with Gasteiger partial charge in [0, 0.05) is 12.1 Å². The van der Waals surface area contributed by atoms with Crippen LogP contribution in [0, 0.1) is 0 Å². The lowest BCUT2D eigenvalue weighted by atomic mass is 9.95. The highest BCUT2D eigenvalue weighted by atomic mass is 16.6. The Bertz CT molecular complexity index is 267. The van der Waals surface area contributed by atoms with Crippen LogP contribution in [0.4, 0.5) is 0 Å². The van der Waals surface area contributed by atoms with Crippen molar-refractivity contribution in [3.63, 3.8) is 0 Å². The molecule has 1 aliphatic carbocycles. The zero-order chi connectivity index (χ0) is 14.3. The fourth-order valence-electron chi connectivity index (χ4n) is 2.41. The number of esters is 1. The lowest BCUT2D eigenvalue weighted by molar-refractivity contribution is -0.160. The third kappa shape index (κ3) is 8.22. The first-order chi connectivity index (χ1) is 8.87. The molecule has 1 rings (SSSR count). The van der Waals surface area contributed by atoms with E-state index in [1.807, 2.05) is 20.8 Å². The van der Waals surface area contributed by atoms with Gasteiger partial charge >= 0.3 is 5.97 Å². The summed E-state index contributed by atoms with van der Waals surface area (Å²) in [5.41, 5.74) is -0.438. The van der Waals surface area contributed by atoms with E-state index in [9.17, 15) is 4.79 Å². The van der Waals surface area contributed by atoms with Crippen molar-refractivity contribution in [2.75, 3.05) is 13.2 Å². The molecule has 0 aliphatic heterocycles. The van der Waals surface area contributed by atoms with Gasteiger partial charge in [0.05, 0.1) is 6.61 Å². The van der Waals surface area contributed by atoms with E-state index >= 15 is 0 Å². The van der Waals surface area contributed by atoms with Crippen LogP contribution >= 0.6 is 0 Å². The Morgan fingerprint density at radius 1 is 1.26 bits per heavy atom. The average molecular weight is 271 g/mol. The van der Waals surface area contributed by atoms with Crippen molar-refractivity contribution in [2.45, 2.75) is 77.5 Å². The molecular formula is C15H29NO3. The van der Waals surface area contributed by atoms with Crippen LogP contribution in [0.1, 0.15) is 59.8 Å². The maximum Gasteiger partial charge on any atom is 0.332 e. The Balaban J connectivity index is 2.09. The van der Waals surface area contributed by atoms with E-state index in [-0.39, 0.29) is 18.6 Å². The molecule has 0 saturated heterocycles. The molecule has 0 spiro atoms. The molecule has 1 atom stereocenters. The van der Waals surface area contributed by atoms with Crippen LogP contribution in [0.3, 0.4) is 0 Å². The Labute approximate surface area is 117 Å². The minimum atomic E-state index is -0.438. The molecular weight excluding hydrogens is 242 g/mol. The van der Waals surface area contributed by atoms with Gasteiger partial charge < -0.3 is 14.8 Å². The highest BCUT2D eigenvalue weighted by Gasteiger charge is 2.18. The normalized spacial score (nSPS) is 19.2. The van der Waals surface area contributed by atoms with Gasteiger partial charge in [0.15, 0.2) is 0 Å². The number of rotatable bonds is 6. The molecule has 0 aromatic heterocycles. The average Bonchev–Trinajstić information content (AvgIpc) is 2.27. The monoisotopic (exact) mass is 271 g/mol. The highest BCUT2D eigenvalue weighted by Crippen LogP contribution is 2.17. The molecule has 0 bridgehead atoms. The molecule has 0 heterocycles. The summed E-state index contributed by atoms with van der Waals surface area (Å²) in [7, 11) is 0. The summed E-state index contributed by atoms with van der Waals surface area (Å²) in [4.78, 5) is 11.5. The van der Waals surface area contributed by atoms with E-state index in [0.29, 0.717) is 12.6 Å². The van der Waals surface area contributed by atoms with Crippen molar-refractivity contribution in [1.29, 1.82) is 0 Å². The number of carbonyl (C=O) groups is 1. The van der Waals surface area contributed by atoms with Gasteiger partial charge in [-0.3, -0.25) is 0 Å². The van der Waals surface area contributed by atoms with Crippen LogP contribution in [0.25, 0.3) is 0 Å². The van der Waals surface area contributed by atoms with Crippen LogP contribution in [-0.2, 0) is 14.3 Å². The lowest BCUT2D eigenvalue weighted by Gasteiger charge is -2.26. The number of ether oxygens (including phenoxy) is 2. The lowest BCUT2D eigenvalue weighted by Crippen LogP contribution is -2.40. The molecule has 0 aromatic rings. The van der Waals surface area contributed by atoms with Crippen molar-refractivity contribution in [3.05, 3.63) is 0 Å². The molecule has 19 heavy (non-hydrogen) atoms. The maximum absolute atomic E-state index is 11.5. The maximum atomic E-state index is 11.5. The highest BCUT2D eigenvalue weighted by molar-refractivity contribution is 5.71. The zero-order valence-corrected chi connectivity index (χ0v) is 12.8. The summed E-state index contributed by atoms with van der Waals surface area (Å²) < 4.78 is 10.6. The van der Waals surface area contributed by atoms with Crippen LogP contribution in [0.2, 0.25) is 0 Å². The van der Waals surface area contributed by atoms with E-state index < -0.39 is 5.60 Å². The molecule has 0 unspecified atom stereocenters. The quantitative estimate of drug-likeness (QED) is 0.755. The molecule has 1 fully saturated rings. The van der Waals surface area contributed by atoms with Crippen LogP contribution in [0.15, 0.2) is 0 Å². The molecule has 1 N–H and O–H groups in total. The topological polar surface area (TPSA) is 47.6 Å². The van der Waals surface area contributed by atoms with Crippen molar-refractivity contribution >= 4 is 5.97 Å². The van der Waals surface area contributed by atoms with Gasteiger partial charge in [-0.2, -0.15) is 0 Å². The Morgan fingerprint density at radius 3 is 2.47 bits per heavy atom. The number of carbonyl (C=O) groups excluding carboxylic acids is 1. The minimum absolute atomic E-state index is 0.0357. The molecule has 0 aromatic carbocycles. The van der Waals surface area contributed by atoms with E-state index in [1.165, 1.54) is 32.1 Å². The summed E-state index contributed by atoms with van der Waals surface area (Å²) in [5.74, 6) is -0.294. The predicted molar refractivity (Wildman–Crippen MR) is 76.1 cm³/mol. The SMILES string of the molecule is C[C@@H](COCC(=O)OC(C)(C)C)NC1CCCCC1. The summed E-state index contributed by atoms with van der Waals surface area (Å²) in [6, 6.07) is 0.902. The van der Waals surface area contributed by atoms with Crippen molar-refractivity contribution in [1.82, 2.24) is 5.32 Å². The van der Waals surface area contributed by atoms with Gasteiger partial charge in [-0.05, 0) is 40.5 Å². The van der Waals surface area contributed by atoms with E-state index in [1.54, 1.807) is 0 Å². The number of nitrogens with one attached hydrogen (secondary N) is 1. The van der Waals surface area contributed by atoms with Crippen LogP contribution in [0.5, 0.6) is 0 Å². The second-order valence-electron chi connectivity index (χ2n) is 6.50. The van der Waals surface area contributed by atoms with Crippen LogP contribution < -0.4 is 5.32 Å². The Morgan fingerprint density at radius 2 is 1.89 bits per heavy atom. The summed E-state index contributed by atoms with van der Waals surface area (Å²) in [6.07, 6.45) is 6.53. The molecule has 1 aliphatic rings. The van der Waals surface area contributed by atoms with Gasteiger partial charge in [0.25, 0.3) is 0 Å². The fraction of sp³-hybridized carbons (Fsp3) is 0.933. The molecule has 112 valence electrons. The first kappa shape index (κ1) is 16.4. The Hall–Kier alpha value is -0.610. The standard InChI is InChI=1S/C15H29NO3/c1-12(16-13-8-6-5-7-9-13)10-18-11-14(17)19-15(2,3)4/h12-13,16H,5-11H2,1-4H3/t12-/m0/s1. The fourth-order valence-corrected chi connectivity index (χ4v) is 2.41. The summed E-state index contributed by atoms with van der Waals surface area (Å²) in [6.45, 7) is 8.27. The van der Waals surface area contributed by atoms with Crippen molar-refractivity contribution in [3.8, 4) is 0 Å². The third-order valence-electron chi connectivity index (χ3n) is 3.13. The van der Waals surface area contributed by atoms with Crippen molar-refractivity contribution < 1.29 is 14.3 Å².